The highest BCUT2D eigenvalue weighted by Gasteiger charge is 2.45. The lowest BCUT2D eigenvalue weighted by Gasteiger charge is -2.41. The van der Waals surface area contributed by atoms with Crippen LogP contribution >= 0.6 is 11.6 Å². The Labute approximate surface area is 131 Å². The smallest absolute Gasteiger partial charge is 0.230 e. The second kappa shape index (κ2) is 6.37. The van der Waals surface area contributed by atoms with Gasteiger partial charge in [0, 0.05) is 18.2 Å². The van der Waals surface area contributed by atoms with Crippen molar-refractivity contribution in [2.45, 2.75) is 44.9 Å². The summed E-state index contributed by atoms with van der Waals surface area (Å²) in [7, 11) is 0. The highest BCUT2D eigenvalue weighted by atomic mass is 35.5. The molecular formula is C17H24ClNO2. The van der Waals surface area contributed by atoms with Gasteiger partial charge in [0.2, 0.25) is 5.91 Å². The maximum atomic E-state index is 12.7. The van der Waals surface area contributed by atoms with Crippen LogP contribution in [0.25, 0.3) is 0 Å². The first-order valence-corrected chi connectivity index (χ1v) is 7.93. The molecule has 0 spiro atoms. The zero-order valence-electron chi connectivity index (χ0n) is 12.8. The first-order valence-electron chi connectivity index (χ1n) is 7.55. The van der Waals surface area contributed by atoms with Gasteiger partial charge >= 0.3 is 0 Å². The molecule has 1 aliphatic carbocycles. The highest BCUT2D eigenvalue weighted by Crippen LogP contribution is 2.44. The molecular weight excluding hydrogens is 286 g/mol. The van der Waals surface area contributed by atoms with Gasteiger partial charge in [0.15, 0.2) is 0 Å². The van der Waals surface area contributed by atoms with E-state index in [1.807, 2.05) is 24.3 Å². The highest BCUT2D eigenvalue weighted by molar-refractivity contribution is 6.30. The van der Waals surface area contributed by atoms with Gasteiger partial charge in [-0.1, -0.05) is 44.0 Å². The minimum Gasteiger partial charge on any atom is -0.396 e. The average molecular weight is 310 g/mol. The van der Waals surface area contributed by atoms with Crippen LogP contribution in [-0.2, 0) is 10.2 Å². The van der Waals surface area contributed by atoms with E-state index in [0.717, 1.165) is 24.8 Å². The molecule has 0 atom stereocenters. The Morgan fingerprint density at radius 2 is 1.95 bits per heavy atom. The number of hydrogen-bond donors (Lipinski definition) is 2. The van der Waals surface area contributed by atoms with E-state index in [4.69, 9.17) is 16.7 Å². The Balaban J connectivity index is 2.07. The van der Waals surface area contributed by atoms with Crippen molar-refractivity contribution in [3.8, 4) is 0 Å². The molecule has 0 heterocycles. The second-order valence-corrected chi connectivity index (χ2v) is 7.20. The summed E-state index contributed by atoms with van der Waals surface area (Å²) in [6.07, 6.45) is 3.54. The van der Waals surface area contributed by atoms with Crippen molar-refractivity contribution in [3.63, 3.8) is 0 Å². The van der Waals surface area contributed by atoms with Gasteiger partial charge < -0.3 is 10.4 Å². The largest absolute Gasteiger partial charge is 0.396 e. The fraction of sp³-hybridized carbons (Fsp3) is 0.588. The molecule has 0 saturated heterocycles. The number of carbonyl (C=O) groups is 1. The monoisotopic (exact) mass is 309 g/mol. The minimum absolute atomic E-state index is 0.0880. The molecule has 0 bridgehead atoms. The first-order chi connectivity index (χ1) is 9.89. The predicted octanol–water partition coefficient (Wildman–Crippen LogP) is 3.29. The first kappa shape index (κ1) is 16.3. The van der Waals surface area contributed by atoms with E-state index < -0.39 is 0 Å². The van der Waals surface area contributed by atoms with E-state index >= 15 is 0 Å². The zero-order valence-corrected chi connectivity index (χ0v) is 13.5. The van der Waals surface area contributed by atoms with Gasteiger partial charge in [-0.2, -0.15) is 0 Å². The molecule has 0 unspecified atom stereocenters. The maximum absolute atomic E-state index is 12.7. The van der Waals surface area contributed by atoms with Crippen molar-refractivity contribution < 1.29 is 9.90 Å². The van der Waals surface area contributed by atoms with E-state index in [2.05, 4.69) is 19.2 Å². The zero-order chi connectivity index (χ0) is 15.5. The van der Waals surface area contributed by atoms with Crippen molar-refractivity contribution in [1.82, 2.24) is 5.32 Å². The van der Waals surface area contributed by atoms with Crippen molar-refractivity contribution in [2.24, 2.45) is 5.41 Å². The summed E-state index contributed by atoms with van der Waals surface area (Å²) < 4.78 is 0. The summed E-state index contributed by atoms with van der Waals surface area (Å²) in [6, 6.07) is 7.61. The van der Waals surface area contributed by atoms with Crippen molar-refractivity contribution in [1.29, 1.82) is 0 Å². The topological polar surface area (TPSA) is 49.3 Å². The van der Waals surface area contributed by atoms with Crippen LogP contribution in [-0.4, -0.2) is 24.2 Å². The lowest BCUT2D eigenvalue weighted by molar-refractivity contribution is -0.130. The van der Waals surface area contributed by atoms with Crippen molar-refractivity contribution in [3.05, 3.63) is 34.9 Å². The minimum atomic E-state index is -0.389. The molecule has 2 rings (SSSR count). The predicted molar refractivity (Wildman–Crippen MR) is 85.5 cm³/mol. The molecule has 4 heteroatoms. The SMILES string of the molecule is CC(C)(CCO)CNC(=O)C1(c2ccc(Cl)cc2)CCC1. The van der Waals surface area contributed by atoms with E-state index in [-0.39, 0.29) is 23.3 Å². The molecule has 1 saturated carbocycles. The summed E-state index contributed by atoms with van der Waals surface area (Å²) in [5.74, 6) is 0.0992. The van der Waals surface area contributed by atoms with Crippen LogP contribution in [0.3, 0.4) is 0 Å². The molecule has 0 radical (unpaired) electrons. The van der Waals surface area contributed by atoms with Crippen LogP contribution in [0.5, 0.6) is 0 Å². The third-order valence-corrected chi connectivity index (χ3v) is 4.81. The van der Waals surface area contributed by atoms with Gasteiger partial charge in [-0.15, -0.1) is 0 Å². The molecule has 0 aliphatic heterocycles. The maximum Gasteiger partial charge on any atom is 0.230 e. The summed E-state index contributed by atoms with van der Waals surface area (Å²) in [5, 5.41) is 12.8. The number of benzene rings is 1. The lowest BCUT2D eigenvalue weighted by Crippen LogP contribution is -2.51. The summed E-state index contributed by atoms with van der Waals surface area (Å²) >= 11 is 5.93. The van der Waals surface area contributed by atoms with Crippen LogP contribution in [0.2, 0.25) is 5.02 Å². The summed E-state index contributed by atoms with van der Waals surface area (Å²) in [6.45, 7) is 4.84. The Morgan fingerprint density at radius 1 is 1.33 bits per heavy atom. The van der Waals surface area contributed by atoms with Gasteiger partial charge in [0.1, 0.15) is 0 Å². The van der Waals surface area contributed by atoms with Gasteiger partial charge in [-0.25, -0.2) is 0 Å². The van der Waals surface area contributed by atoms with E-state index in [0.29, 0.717) is 18.0 Å². The molecule has 2 N–H and O–H groups in total. The van der Waals surface area contributed by atoms with Crippen LogP contribution in [0.1, 0.15) is 45.1 Å². The molecule has 1 fully saturated rings. The Morgan fingerprint density at radius 3 is 2.43 bits per heavy atom. The van der Waals surface area contributed by atoms with Gasteiger partial charge in [-0.3, -0.25) is 4.79 Å². The van der Waals surface area contributed by atoms with Gasteiger partial charge in [0.25, 0.3) is 0 Å². The Hall–Kier alpha value is -1.06. The van der Waals surface area contributed by atoms with Gasteiger partial charge in [-0.05, 0) is 42.4 Å². The number of aliphatic hydroxyl groups excluding tert-OH is 1. The van der Waals surface area contributed by atoms with Crippen LogP contribution in [0.4, 0.5) is 0 Å². The van der Waals surface area contributed by atoms with Crippen LogP contribution < -0.4 is 5.32 Å². The Bertz CT molecular complexity index is 492. The molecule has 116 valence electrons. The number of aliphatic hydroxyl groups is 1. The van der Waals surface area contributed by atoms with E-state index in [1.54, 1.807) is 0 Å². The molecule has 1 aromatic rings. The molecule has 1 aliphatic rings. The van der Waals surface area contributed by atoms with Crippen molar-refractivity contribution >= 4 is 17.5 Å². The third-order valence-electron chi connectivity index (χ3n) is 4.55. The normalized spacial score (nSPS) is 17.1. The van der Waals surface area contributed by atoms with E-state index in [1.165, 1.54) is 0 Å². The standard InChI is InChI=1S/C17H24ClNO2/c1-16(2,10-11-20)12-19-15(21)17(8-3-9-17)13-4-6-14(18)7-5-13/h4-7,20H,3,8-12H2,1-2H3,(H,19,21). The Kier molecular flexibility index (Phi) is 4.95. The molecule has 21 heavy (non-hydrogen) atoms. The number of nitrogens with one attached hydrogen (secondary N) is 1. The number of rotatable bonds is 6. The fourth-order valence-corrected chi connectivity index (χ4v) is 2.95. The number of hydrogen-bond acceptors (Lipinski definition) is 2. The number of halogens is 1. The average Bonchev–Trinajstić information content (AvgIpc) is 2.37. The molecule has 1 aromatic carbocycles. The summed E-state index contributed by atoms with van der Waals surface area (Å²) in [4.78, 5) is 12.7. The number of carbonyl (C=O) groups excluding carboxylic acids is 1. The summed E-state index contributed by atoms with van der Waals surface area (Å²) in [5.41, 5.74) is 0.575. The quantitative estimate of drug-likeness (QED) is 0.847. The fourth-order valence-electron chi connectivity index (χ4n) is 2.83. The van der Waals surface area contributed by atoms with Crippen molar-refractivity contribution in [2.75, 3.05) is 13.2 Å². The van der Waals surface area contributed by atoms with Crippen LogP contribution in [0.15, 0.2) is 24.3 Å². The molecule has 3 nitrogen and oxygen atoms in total. The van der Waals surface area contributed by atoms with E-state index in [9.17, 15) is 4.79 Å². The van der Waals surface area contributed by atoms with Gasteiger partial charge in [0.05, 0.1) is 5.41 Å². The lowest BCUT2D eigenvalue weighted by atomic mass is 9.63. The van der Waals surface area contributed by atoms with Crippen LogP contribution in [0, 0.1) is 5.41 Å². The second-order valence-electron chi connectivity index (χ2n) is 6.76. The molecule has 0 aromatic heterocycles. The molecule has 1 amide bonds. The number of amides is 1. The third kappa shape index (κ3) is 3.58.